The number of rotatable bonds is 5. The number of benzene rings is 2. The van der Waals surface area contributed by atoms with E-state index in [0.717, 1.165) is 29.7 Å². The molecule has 1 amide bonds. The van der Waals surface area contributed by atoms with Gasteiger partial charge in [-0.2, -0.15) is 4.98 Å². The zero-order valence-corrected chi connectivity index (χ0v) is 17.7. The van der Waals surface area contributed by atoms with E-state index in [4.69, 9.17) is 5.73 Å². The number of nitrogens with zero attached hydrogens (tertiary/aromatic N) is 4. The van der Waals surface area contributed by atoms with Gasteiger partial charge in [0.15, 0.2) is 11.5 Å². The fourth-order valence-electron chi connectivity index (χ4n) is 3.31. The van der Waals surface area contributed by atoms with Gasteiger partial charge in [-0.3, -0.25) is 4.79 Å². The molecule has 1 aliphatic heterocycles. The number of hydrogen-bond donors (Lipinski definition) is 3. The summed E-state index contributed by atoms with van der Waals surface area (Å²) in [7, 11) is 2.08. The van der Waals surface area contributed by atoms with Gasteiger partial charge in [0.25, 0.3) is 5.91 Å². The Bertz CT molecular complexity index is 1120. The molecule has 0 saturated carbocycles. The number of aromatic nitrogens is 3. The molecular weight excluding hydrogens is 453 g/mol. The van der Waals surface area contributed by atoms with Crippen molar-refractivity contribution in [1.29, 1.82) is 0 Å². The van der Waals surface area contributed by atoms with Crippen LogP contribution in [0.3, 0.4) is 0 Å². The van der Waals surface area contributed by atoms with Gasteiger partial charge in [-0.15, -0.1) is 10.2 Å². The first kappa shape index (κ1) is 20.2. The van der Waals surface area contributed by atoms with Crippen LogP contribution in [-0.2, 0) is 13.0 Å². The van der Waals surface area contributed by atoms with Crippen LogP contribution in [0.1, 0.15) is 21.6 Å². The average molecular weight is 472 g/mol. The van der Waals surface area contributed by atoms with Crippen LogP contribution in [0.15, 0.2) is 40.9 Å². The Labute approximate surface area is 180 Å². The Morgan fingerprint density at radius 3 is 2.80 bits per heavy atom. The van der Waals surface area contributed by atoms with E-state index in [1.807, 2.05) is 12.1 Å². The van der Waals surface area contributed by atoms with E-state index in [1.165, 1.54) is 23.3 Å². The van der Waals surface area contributed by atoms with E-state index in [9.17, 15) is 9.18 Å². The highest BCUT2D eigenvalue weighted by Crippen LogP contribution is 2.31. The normalized spacial score (nSPS) is 13.6. The van der Waals surface area contributed by atoms with E-state index in [-0.39, 0.29) is 23.1 Å². The molecule has 0 spiro atoms. The van der Waals surface area contributed by atoms with Crippen molar-refractivity contribution in [1.82, 2.24) is 20.1 Å². The summed E-state index contributed by atoms with van der Waals surface area (Å²) in [5.41, 5.74) is 8.58. The molecule has 1 aliphatic rings. The maximum Gasteiger partial charge on any atom is 0.273 e. The minimum atomic E-state index is -0.819. The van der Waals surface area contributed by atoms with Crippen LogP contribution in [-0.4, -0.2) is 39.6 Å². The highest BCUT2D eigenvalue weighted by Gasteiger charge is 2.19. The predicted octanol–water partition coefficient (Wildman–Crippen LogP) is 3.35. The first-order chi connectivity index (χ1) is 14.4. The lowest BCUT2D eigenvalue weighted by Crippen LogP contribution is -2.26. The first-order valence-electron chi connectivity index (χ1n) is 9.23. The van der Waals surface area contributed by atoms with Gasteiger partial charge < -0.3 is 21.3 Å². The number of fused-ring (bicyclic) bond motifs is 1. The van der Waals surface area contributed by atoms with Crippen LogP contribution >= 0.6 is 15.9 Å². The summed E-state index contributed by atoms with van der Waals surface area (Å²) in [6, 6.07) is 10.0. The van der Waals surface area contributed by atoms with Gasteiger partial charge in [-0.1, -0.05) is 28.1 Å². The van der Waals surface area contributed by atoms with Gasteiger partial charge in [0.1, 0.15) is 5.82 Å². The topological polar surface area (TPSA) is 109 Å². The largest absolute Gasteiger partial charge is 0.364 e. The van der Waals surface area contributed by atoms with E-state index in [2.05, 4.69) is 53.7 Å². The number of para-hydroxylation sites is 1. The summed E-state index contributed by atoms with van der Waals surface area (Å²) < 4.78 is 15.0. The molecule has 0 radical (unpaired) electrons. The summed E-state index contributed by atoms with van der Waals surface area (Å²) >= 11 is 3.63. The summed E-state index contributed by atoms with van der Waals surface area (Å²) in [6.45, 7) is 1.84. The number of likely N-dealkylation sites (N-methyl/N-ethyl adjacent to an activating group) is 1. The average Bonchev–Trinajstić information content (AvgIpc) is 2.69. The SMILES string of the molecule is CN1CCc2c(Br)cc(Nc3nnc(C(N)=O)c(Nc4ccccc4F)n3)cc2C1. The molecule has 0 fully saturated rings. The molecule has 10 heteroatoms. The fraction of sp³-hybridized carbons (Fsp3) is 0.200. The minimum absolute atomic E-state index is 0.0156. The molecule has 0 unspecified atom stereocenters. The van der Waals surface area contributed by atoms with Crippen LogP contribution in [0, 0.1) is 5.82 Å². The maximum absolute atomic E-state index is 14.0. The minimum Gasteiger partial charge on any atom is -0.364 e. The molecule has 1 aromatic heterocycles. The number of anilines is 4. The van der Waals surface area contributed by atoms with Crippen molar-refractivity contribution in [2.24, 2.45) is 5.73 Å². The summed E-state index contributed by atoms with van der Waals surface area (Å²) in [5.74, 6) is -1.15. The molecule has 0 atom stereocenters. The number of nitrogens with two attached hydrogens (primary N) is 1. The standard InChI is InChI=1S/C20H19BrFN7O/c1-29-7-6-13-11(10-29)8-12(9-14(13)21)24-20-26-19(17(18(23)30)27-28-20)25-16-5-3-2-4-15(16)22/h2-5,8-9H,6-7,10H2,1H3,(H2,23,30)(H2,24,25,26,28). The number of primary amides is 1. The van der Waals surface area contributed by atoms with Crippen LogP contribution < -0.4 is 16.4 Å². The van der Waals surface area contributed by atoms with Gasteiger partial charge >= 0.3 is 0 Å². The monoisotopic (exact) mass is 471 g/mol. The molecule has 2 heterocycles. The zero-order chi connectivity index (χ0) is 21.3. The lowest BCUT2D eigenvalue weighted by atomic mass is 9.99. The Morgan fingerprint density at radius 2 is 2.03 bits per heavy atom. The number of nitrogens with one attached hydrogen (secondary N) is 2. The summed E-state index contributed by atoms with van der Waals surface area (Å²) in [6.07, 6.45) is 0.967. The smallest absolute Gasteiger partial charge is 0.273 e. The lowest BCUT2D eigenvalue weighted by Gasteiger charge is -2.26. The highest BCUT2D eigenvalue weighted by atomic mass is 79.9. The number of amides is 1. The van der Waals surface area contributed by atoms with Crippen LogP contribution in [0.5, 0.6) is 0 Å². The van der Waals surface area contributed by atoms with Crippen molar-refractivity contribution in [3.8, 4) is 0 Å². The Morgan fingerprint density at radius 1 is 1.23 bits per heavy atom. The molecule has 0 saturated heterocycles. The number of carbonyl (C=O) groups is 1. The van der Waals surface area contributed by atoms with Crippen molar-refractivity contribution in [2.45, 2.75) is 13.0 Å². The molecule has 154 valence electrons. The highest BCUT2D eigenvalue weighted by molar-refractivity contribution is 9.10. The second-order valence-electron chi connectivity index (χ2n) is 7.01. The molecule has 0 bridgehead atoms. The molecule has 4 N–H and O–H groups in total. The number of carbonyl (C=O) groups excluding carboxylic acids is 1. The molecular formula is C20H19BrFN7O. The van der Waals surface area contributed by atoms with Gasteiger partial charge in [-0.25, -0.2) is 4.39 Å². The number of hydrogen-bond acceptors (Lipinski definition) is 7. The molecule has 4 rings (SSSR count). The maximum atomic E-state index is 14.0. The molecule has 3 aromatic rings. The van der Waals surface area contributed by atoms with Crippen molar-refractivity contribution in [3.63, 3.8) is 0 Å². The van der Waals surface area contributed by atoms with Crippen molar-refractivity contribution < 1.29 is 9.18 Å². The van der Waals surface area contributed by atoms with Crippen molar-refractivity contribution in [3.05, 3.63) is 63.5 Å². The molecule has 2 aromatic carbocycles. The summed E-state index contributed by atoms with van der Waals surface area (Å²) in [4.78, 5) is 18.3. The quantitative estimate of drug-likeness (QED) is 0.523. The second kappa shape index (κ2) is 8.33. The molecule has 8 nitrogen and oxygen atoms in total. The Balaban J connectivity index is 1.65. The van der Waals surface area contributed by atoms with Crippen LogP contribution in [0.25, 0.3) is 0 Å². The van der Waals surface area contributed by atoms with Gasteiger partial charge in [-0.05, 0) is 48.9 Å². The second-order valence-corrected chi connectivity index (χ2v) is 7.86. The van der Waals surface area contributed by atoms with Gasteiger partial charge in [0, 0.05) is 23.2 Å². The van der Waals surface area contributed by atoms with Crippen LogP contribution in [0.4, 0.5) is 27.5 Å². The third-order valence-electron chi connectivity index (χ3n) is 4.77. The van der Waals surface area contributed by atoms with Gasteiger partial charge in [0.2, 0.25) is 5.95 Å². The third kappa shape index (κ3) is 4.24. The van der Waals surface area contributed by atoms with Gasteiger partial charge in [0.05, 0.1) is 5.69 Å². The van der Waals surface area contributed by atoms with E-state index in [0.29, 0.717) is 0 Å². The third-order valence-corrected chi connectivity index (χ3v) is 5.48. The predicted molar refractivity (Wildman–Crippen MR) is 115 cm³/mol. The van der Waals surface area contributed by atoms with E-state index < -0.39 is 11.7 Å². The summed E-state index contributed by atoms with van der Waals surface area (Å²) in [5, 5.41) is 13.7. The number of halogens is 2. The first-order valence-corrected chi connectivity index (χ1v) is 10.0. The van der Waals surface area contributed by atoms with E-state index >= 15 is 0 Å². The van der Waals surface area contributed by atoms with Crippen molar-refractivity contribution in [2.75, 3.05) is 24.2 Å². The molecule has 0 aliphatic carbocycles. The van der Waals surface area contributed by atoms with Crippen LogP contribution in [0.2, 0.25) is 0 Å². The fourth-order valence-corrected chi connectivity index (χ4v) is 4.01. The Kier molecular flexibility index (Phi) is 5.60. The van der Waals surface area contributed by atoms with E-state index in [1.54, 1.807) is 12.1 Å². The van der Waals surface area contributed by atoms with Crippen molar-refractivity contribution >= 4 is 45.0 Å². The zero-order valence-electron chi connectivity index (χ0n) is 16.1. The lowest BCUT2D eigenvalue weighted by molar-refractivity contribution is 0.0995. The molecule has 30 heavy (non-hydrogen) atoms. The Hall–Kier alpha value is -3.11.